The van der Waals surface area contributed by atoms with Gasteiger partial charge < -0.3 is 9.84 Å². The first-order valence-corrected chi connectivity index (χ1v) is 5.18. The number of hydrogen-bond acceptors (Lipinski definition) is 3. The van der Waals surface area contributed by atoms with Gasteiger partial charge in [0.2, 0.25) is 0 Å². The maximum absolute atomic E-state index is 11.5. The van der Waals surface area contributed by atoms with Gasteiger partial charge in [0.1, 0.15) is 6.61 Å². The number of rotatable bonds is 4. The van der Waals surface area contributed by atoms with E-state index in [1.165, 1.54) is 0 Å². The summed E-state index contributed by atoms with van der Waals surface area (Å²) in [5.74, 6) is -0.398. The Morgan fingerprint density at radius 1 is 1.44 bits per heavy atom. The Balaban J connectivity index is 2.60. The van der Waals surface area contributed by atoms with Crippen molar-refractivity contribution in [1.29, 1.82) is 0 Å². The monoisotopic (exact) mass is 220 g/mol. The number of benzene rings is 1. The topological polar surface area (TPSA) is 46.5 Å². The summed E-state index contributed by atoms with van der Waals surface area (Å²) in [7, 11) is 0. The molecule has 0 amide bonds. The zero-order valence-corrected chi connectivity index (χ0v) is 9.51. The second kappa shape index (κ2) is 6.08. The van der Waals surface area contributed by atoms with Crippen LogP contribution in [0.1, 0.15) is 19.4 Å². The number of carbonyl (C=O) groups is 1. The lowest BCUT2D eigenvalue weighted by atomic mass is 10.1. The second-order valence-electron chi connectivity index (χ2n) is 3.69. The lowest BCUT2D eigenvalue weighted by molar-refractivity contribution is -0.141. The van der Waals surface area contributed by atoms with E-state index >= 15 is 0 Å². The van der Waals surface area contributed by atoms with Gasteiger partial charge in [0.05, 0.1) is 6.10 Å². The molecule has 0 fully saturated rings. The molecule has 0 spiro atoms. The Morgan fingerprint density at radius 3 is 2.62 bits per heavy atom. The van der Waals surface area contributed by atoms with Crippen molar-refractivity contribution in [2.24, 2.45) is 0 Å². The van der Waals surface area contributed by atoms with Crippen LogP contribution in [0.2, 0.25) is 0 Å². The third-order valence-corrected chi connectivity index (χ3v) is 1.96. The normalized spacial score (nSPS) is 13.3. The van der Waals surface area contributed by atoms with E-state index in [4.69, 9.17) is 9.84 Å². The van der Waals surface area contributed by atoms with Gasteiger partial charge in [-0.05, 0) is 25.5 Å². The molecule has 0 aliphatic heterocycles. The molecular weight excluding hydrogens is 204 g/mol. The van der Waals surface area contributed by atoms with Crippen LogP contribution in [0.25, 0.3) is 6.08 Å². The van der Waals surface area contributed by atoms with Gasteiger partial charge in [0, 0.05) is 5.57 Å². The second-order valence-corrected chi connectivity index (χ2v) is 3.69. The molecule has 0 heterocycles. The van der Waals surface area contributed by atoms with Crippen LogP contribution in [0, 0.1) is 0 Å². The van der Waals surface area contributed by atoms with E-state index < -0.39 is 12.1 Å². The van der Waals surface area contributed by atoms with Crippen molar-refractivity contribution in [2.75, 3.05) is 6.61 Å². The SMILES string of the molecule is CC(=Cc1ccccc1)C(=O)OCC(C)O. The number of hydrogen-bond donors (Lipinski definition) is 1. The van der Waals surface area contributed by atoms with Gasteiger partial charge in [-0.2, -0.15) is 0 Å². The summed E-state index contributed by atoms with van der Waals surface area (Å²) in [5, 5.41) is 8.98. The van der Waals surface area contributed by atoms with E-state index in [9.17, 15) is 4.79 Å². The summed E-state index contributed by atoms with van der Waals surface area (Å²) >= 11 is 0. The third kappa shape index (κ3) is 4.28. The van der Waals surface area contributed by atoms with Crippen molar-refractivity contribution >= 4 is 12.0 Å². The quantitative estimate of drug-likeness (QED) is 0.623. The van der Waals surface area contributed by atoms with Crippen molar-refractivity contribution in [3.05, 3.63) is 41.5 Å². The summed E-state index contributed by atoms with van der Waals surface area (Å²) in [6.45, 7) is 3.29. The van der Waals surface area contributed by atoms with Crippen LogP contribution in [-0.4, -0.2) is 23.8 Å². The first kappa shape index (κ1) is 12.5. The average molecular weight is 220 g/mol. The highest BCUT2D eigenvalue weighted by Crippen LogP contribution is 2.07. The largest absolute Gasteiger partial charge is 0.460 e. The molecule has 1 unspecified atom stereocenters. The molecule has 0 saturated heterocycles. The van der Waals surface area contributed by atoms with Crippen LogP contribution >= 0.6 is 0 Å². The summed E-state index contributed by atoms with van der Waals surface area (Å²) in [5.41, 5.74) is 1.47. The van der Waals surface area contributed by atoms with E-state index in [0.717, 1.165) is 5.56 Å². The minimum absolute atomic E-state index is 0.0266. The lowest BCUT2D eigenvalue weighted by Crippen LogP contribution is -2.15. The molecule has 0 aliphatic rings. The lowest BCUT2D eigenvalue weighted by Gasteiger charge is -2.06. The Labute approximate surface area is 95.4 Å². The molecule has 3 heteroatoms. The van der Waals surface area contributed by atoms with Gasteiger partial charge in [-0.25, -0.2) is 4.79 Å². The first-order chi connectivity index (χ1) is 7.59. The highest BCUT2D eigenvalue weighted by Gasteiger charge is 2.07. The predicted molar refractivity (Wildman–Crippen MR) is 62.7 cm³/mol. The van der Waals surface area contributed by atoms with Crippen molar-refractivity contribution in [3.8, 4) is 0 Å². The van der Waals surface area contributed by atoms with Gasteiger partial charge in [-0.3, -0.25) is 0 Å². The minimum atomic E-state index is -0.631. The molecule has 16 heavy (non-hydrogen) atoms. The van der Waals surface area contributed by atoms with Gasteiger partial charge in [-0.1, -0.05) is 30.3 Å². The molecule has 0 aliphatic carbocycles. The smallest absolute Gasteiger partial charge is 0.333 e. The molecule has 1 aromatic rings. The maximum atomic E-state index is 11.5. The average Bonchev–Trinajstić information content (AvgIpc) is 2.27. The number of carbonyl (C=O) groups excluding carboxylic acids is 1. The van der Waals surface area contributed by atoms with Crippen LogP contribution < -0.4 is 0 Å². The van der Waals surface area contributed by atoms with Crippen LogP contribution in [0.5, 0.6) is 0 Å². The Bertz CT molecular complexity index is 366. The minimum Gasteiger partial charge on any atom is -0.460 e. The molecule has 86 valence electrons. The summed E-state index contributed by atoms with van der Waals surface area (Å²) in [6, 6.07) is 9.54. The van der Waals surface area contributed by atoms with Crippen molar-refractivity contribution < 1.29 is 14.6 Å². The van der Waals surface area contributed by atoms with Crippen molar-refractivity contribution in [1.82, 2.24) is 0 Å². The van der Waals surface area contributed by atoms with Gasteiger partial charge in [0.25, 0.3) is 0 Å². The fourth-order valence-electron chi connectivity index (χ4n) is 1.17. The van der Waals surface area contributed by atoms with Gasteiger partial charge in [0.15, 0.2) is 0 Å². The van der Waals surface area contributed by atoms with E-state index in [2.05, 4.69) is 0 Å². The highest BCUT2D eigenvalue weighted by atomic mass is 16.5. The standard InChI is InChI=1S/C13H16O3/c1-10(13(15)16-9-11(2)14)8-12-6-4-3-5-7-12/h3-8,11,14H,9H2,1-2H3. The molecular formula is C13H16O3. The summed E-state index contributed by atoms with van der Waals surface area (Å²) < 4.78 is 4.88. The molecule has 0 radical (unpaired) electrons. The molecule has 3 nitrogen and oxygen atoms in total. The third-order valence-electron chi connectivity index (χ3n) is 1.96. The molecule has 1 N–H and O–H groups in total. The number of aliphatic hydroxyl groups is 1. The molecule has 1 rings (SSSR count). The summed E-state index contributed by atoms with van der Waals surface area (Å²) in [4.78, 5) is 11.5. The van der Waals surface area contributed by atoms with Crippen LogP contribution in [-0.2, 0) is 9.53 Å². The summed E-state index contributed by atoms with van der Waals surface area (Å²) in [6.07, 6.45) is 1.12. The number of aliphatic hydroxyl groups excluding tert-OH is 1. The van der Waals surface area contributed by atoms with Crippen LogP contribution in [0.4, 0.5) is 0 Å². The Morgan fingerprint density at radius 2 is 2.06 bits per heavy atom. The molecule has 1 atom stereocenters. The first-order valence-electron chi connectivity index (χ1n) is 5.18. The molecule has 0 aromatic heterocycles. The number of esters is 1. The van der Waals surface area contributed by atoms with E-state index in [1.807, 2.05) is 30.3 Å². The van der Waals surface area contributed by atoms with Crippen LogP contribution in [0.15, 0.2) is 35.9 Å². The van der Waals surface area contributed by atoms with Gasteiger partial charge in [-0.15, -0.1) is 0 Å². The Hall–Kier alpha value is -1.61. The zero-order valence-electron chi connectivity index (χ0n) is 9.51. The fourth-order valence-corrected chi connectivity index (χ4v) is 1.17. The predicted octanol–water partition coefficient (Wildman–Crippen LogP) is 2.01. The highest BCUT2D eigenvalue weighted by molar-refractivity contribution is 5.92. The maximum Gasteiger partial charge on any atom is 0.333 e. The fraction of sp³-hybridized carbons (Fsp3) is 0.308. The Kier molecular flexibility index (Phi) is 4.73. The van der Waals surface area contributed by atoms with E-state index in [0.29, 0.717) is 5.57 Å². The molecule has 0 bridgehead atoms. The molecule has 1 aromatic carbocycles. The van der Waals surface area contributed by atoms with E-state index in [1.54, 1.807) is 19.9 Å². The zero-order chi connectivity index (χ0) is 12.0. The number of ether oxygens (including phenoxy) is 1. The van der Waals surface area contributed by atoms with Crippen molar-refractivity contribution in [2.45, 2.75) is 20.0 Å². The molecule has 0 saturated carbocycles. The van der Waals surface area contributed by atoms with Crippen molar-refractivity contribution in [3.63, 3.8) is 0 Å². The van der Waals surface area contributed by atoms with E-state index in [-0.39, 0.29) is 6.61 Å². The van der Waals surface area contributed by atoms with Crippen LogP contribution in [0.3, 0.4) is 0 Å². The van der Waals surface area contributed by atoms with Gasteiger partial charge >= 0.3 is 5.97 Å².